The number of nitrogens with one attached hydrogen (secondary N) is 2. The first kappa shape index (κ1) is 12.0. The largest absolute Gasteiger partial charge is 0.459 e. The third-order valence-corrected chi connectivity index (χ3v) is 2.26. The minimum absolute atomic E-state index is 0.107. The zero-order valence-corrected chi connectivity index (χ0v) is 9.49. The first-order valence-corrected chi connectivity index (χ1v) is 5.22. The van der Waals surface area contributed by atoms with Crippen molar-refractivity contribution in [1.82, 2.24) is 9.97 Å². The molecule has 0 aliphatic rings. The zero-order chi connectivity index (χ0) is 13.1. The molecular formula is C11H10FN3O3. The van der Waals surface area contributed by atoms with E-state index in [2.05, 4.69) is 20.0 Å². The van der Waals surface area contributed by atoms with E-state index in [-0.39, 0.29) is 17.8 Å². The number of hydrogen-bond donors (Lipinski definition) is 2. The number of halogens is 1. The van der Waals surface area contributed by atoms with Gasteiger partial charge in [0.05, 0.1) is 24.0 Å². The molecule has 2 aromatic heterocycles. The molecule has 2 heterocycles. The first-order valence-electron chi connectivity index (χ1n) is 5.22. The maximum atomic E-state index is 13.3. The molecule has 0 aliphatic heterocycles. The lowest BCUT2D eigenvalue weighted by Gasteiger charge is -2.02. The molecule has 0 aliphatic carbocycles. The lowest BCUT2D eigenvalue weighted by atomic mass is 10.3. The Hall–Kier alpha value is -2.44. The highest BCUT2D eigenvalue weighted by atomic mass is 19.1. The molecule has 7 heteroatoms. The Morgan fingerprint density at radius 3 is 3.00 bits per heavy atom. The molecule has 0 unspecified atom stereocenters. The Labute approximate surface area is 101 Å². The molecule has 0 saturated heterocycles. The van der Waals surface area contributed by atoms with Crippen molar-refractivity contribution < 1.29 is 18.7 Å². The average molecular weight is 251 g/mol. The number of anilines is 1. The number of amides is 1. The van der Waals surface area contributed by atoms with Gasteiger partial charge in [-0.2, -0.15) is 0 Å². The van der Waals surface area contributed by atoms with E-state index < -0.39 is 17.7 Å². The Balaban J connectivity index is 2.25. The molecule has 6 nitrogen and oxygen atoms in total. The van der Waals surface area contributed by atoms with Gasteiger partial charge in [-0.1, -0.05) is 0 Å². The monoisotopic (exact) mass is 251 g/mol. The Morgan fingerprint density at radius 1 is 1.50 bits per heavy atom. The van der Waals surface area contributed by atoms with E-state index in [1.54, 1.807) is 6.92 Å². The van der Waals surface area contributed by atoms with Gasteiger partial charge < -0.3 is 15.0 Å². The van der Waals surface area contributed by atoms with Gasteiger partial charge in [0, 0.05) is 17.8 Å². The molecule has 0 saturated carbocycles. The maximum Gasteiger partial charge on any atom is 0.397 e. The second-order valence-corrected chi connectivity index (χ2v) is 3.42. The molecular weight excluding hydrogens is 241 g/mol. The predicted octanol–water partition coefficient (Wildman–Crippen LogP) is 1.20. The van der Waals surface area contributed by atoms with Crippen LogP contribution in [0.15, 0.2) is 18.6 Å². The van der Waals surface area contributed by atoms with Crippen molar-refractivity contribution in [3.05, 3.63) is 24.4 Å². The van der Waals surface area contributed by atoms with E-state index in [1.807, 2.05) is 0 Å². The first-order chi connectivity index (χ1) is 8.63. The average Bonchev–Trinajstić information content (AvgIpc) is 2.74. The highest BCUT2D eigenvalue weighted by molar-refractivity contribution is 6.38. The number of aromatic amines is 1. The van der Waals surface area contributed by atoms with Crippen molar-refractivity contribution in [2.24, 2.45) is 0 Å². The number of hydrogen-bond acceptors (Lipinski definition) is 4. The van der Waals surface area contributed by atoms with Crippen LogP contribution in [0.3, 0.4) is 0 Å². The van der Waals surface area contributed by atoms with Crippen LogP contribution in [0.4, 0.5) is 10.1 Å². The van der Waals surface area contributed by atoms with E-state index in [4.69, 9.17) is 0 Å². The van der Waals surface area contributed by atoms with Gasteiger partial charge in [0.2, 0.25) is 0 Å². The molecule has 0 radical (unpaired) electrons. The summed E-state index contributed by atoms with van der Waals surface area (Å²) in [6.07, 6.45) is 3.82. The molecule has 18 heavy (non-hydrogen) atoms. The molecule has 2 rings (SSSR count). The Kier molecular flexibility index (Phi) is 3.22. The molecule has 2 aromatic rings. The summed E-state index contributed by atoms with van der Waals surface area (Å²) in [5, 5.41) is 2.71. The van der Waals surface area contributed by atoms with Gasteiger partial charge in [0.1, 0.15) is 0 Å². The number of nitrogens with zero attached hydrogens (tertiary/aromatic N) is 1. The molecule has 0 bridgehead atoms. The van der Waals surface area contributed by atoms with Crippen LogP contribution in [0.25, 0.3) is 10.9 Å². The topological polar surface area (TPSA) is 84.1 Å². The Bertz CT molecular complexity index is 609. The summed E-state index contributed by atoms with van der Waals surface area (Å²) in [5.74, 6) is -2.44. The second-order valence-electron chi connectivity index (χ2n) is 3.42. The van der Waals surface area contributed by atoms with E-state index in [1.165, 1.54) is 12.4 Å². The fourth-order valence-electron chi connectivity index (χ4n) is 1.48. The van der Waals surface area contributed by atoms with Crippen LogP contribution in [0, 0.1) is 5.82 Å². The van der Waals surface area contributed by atoms with Crippen molar-refractivity contribution in [3.8, 4) is 0 Å². The fourth-order valence-corrected chi connectivity index (χ4v) is 1.48. The van der Waals surface area contributed by atoms with E-state index in [0.717, 1.165) is 6.20 Å². The van der Waals surface area contributed by atoms with Crippen LogP contribution in [0.1, 0.15) is 6.92 Å². The van der Waals surface area contributed by atoms with Crippen LogP contribution in [-0.4, -0.2) is 28.5 Å². The molecule has 2 N–H and O–H groups in total. The molecule has 0 atom stereocenters. The number of rotatable bonds is 2. The molecule has 0 spiro atoms. The summed E-state index contributed by atoms with van der Waals surface area (Å²) in [4.78, 5) is 28.9. The summed E-state index contributed by atoms with van der Waals surface area (Å²) in [7, 11) is 0. The van der Waals surface area contributed by atoms with Gasteiger partial charge in [-0.3, -0.25) is 9.78 Å². The highest BCUT2D eigenvalue weighted by Gasteiger charge is 2.17. The molecule has 94 valence electrons. The lowest BCUT2D eigenvalue weighted by Crippen LogP contribution is -2.24. The van der Waals surface area contributed by atoms with Crippen LogP contribution in [0.2, 0.25) is 0 Å². The van der Waals surface area contributed by atoms with E-state index >= 15 is 0 Å². The number of pyridine rings is 1. The number of H-pyrrole nitrogens is 1. The molecule has 1 amide bonds. The van der Waals surface area contributed by atoms with E-state index in [9.17, 15) is 14.0 Å². The third kappa shape index (κ3) is 2.15. The standard InChI is InChI=1S/C11H10FN3O3/c1-2-18-11(17)10(16)15-8-5-14-9-6(8)3-13-4-7(9)12/h3-5,14H,2H2,1H3,(H,15,16). The minimum atomic E-state index is -0.990. The highest BCUT2D eigenvalue weighted by Crippen LogP contribution is 2.23. The van der Waals surface area contributed by atoms with Crippen LogP contribution >= 0.6 is 0 Å². The van der Waals surface area contributed by atoms with E-state index in [0.29, 0.717) is 5.39 Å². The molecule has 0 fully saturated rings. The van der Waals surface area contributed by atoms with Gasteiger partial charge in [0.15, 0.2) is 5.82 Å². The second kappa shape index (κ2) is 4.82. The van der Waals surface area contributed by atoms with Crippen LogP contribution < -0.4 is 5.32 Å². The number of esters is 1. The summed E-state index contributed by atoms with van der Waals surface area (Å²) in [5.41, 5.74) is 0.485. The van der Waals surface area contributed by atoms with Crippen molar-refractivity contribution >= 4 is 28.5 Å². The SMILES string of the molecule is CCOC(=O)C(=O)Nc1c[nH]c2c(F)cncc12. The summed E-state index contributed by atoms with van der Waals surface area (Å²) >= 11 is 0. The van der Waals surface area contributed by atoms with Crippen molar-refractivity contribution in [2.75, 3.05) is 11.9 Å². The normalized spacial score (nSPS) is 10.3. The van der Waals surface area contributed by atoms with Gasteiger partial charge in [0.25, 0.3) is 0 Å². The van der Waals surface area contributed by atoms with Crippen molar-refractivity contribution in [1.29, 1.82) is 0 Å². The van der Waals surface area contributed by atoms with Gasteiger partial charge in [-0.05, 0) is 6.92 Å². The van der Waals surface area contributed by atoms with Crippen LogP contribution in [-0.2, 0) is 14.3 Å². The predicted molar refractivity (Wildman–Crippen MR) is 61.3 cm³/mol. The van der Waals surface area contributed by atoms with Gasteiger partial charge >= 0.3 is 11.9 Å². The summed E-state index contributed by atoms with van der Waals surface area (Å²) in [6.45, 7) is 1.70. The lowest BCUT2D eigenvalue weighted by molar-refractivity contribution is -0.152. The minimum Gasteiger partial charge on any atom is -0.459 e. The number of carbonyl (C=O) groups is 2. The fraction of sp³-hybridized carbons (Fsp3) is 0.182. The molecule has 0 aromatic carbocycles. The third-order valence-electron chi connectivity index (χ3n) is 2.26. The Morgan fingerprint density at radius 2 is 2.28 bits per heavy atom. The van der Waals surface area contributed by atoms with Gasteiger partial charge in [-0.25, -0.2) is 9.18 Å². The van der Waals surface area contributed by atoms with Crippen molar-refractivity contribution in [3.63, 3.8) is 0 Å². The number of aromatic nitrogens is 2. The maximum absolute atomic E-state index is 13.3. The summed E-state index contributed by atoms with van der Waals surface area (Å²) < 4.78 is 17.9. The van der Waals surface area contributed by atoms with Gasteiger partial charge in [-0.15, -0.1) is 0 Å². The quantitative estimate of drug-likeness (QED) is 0.620. The summed E-state index contributed by atoms with van der Waals surface area (Å²) in [6, 6.07) is 0. The van der Waals surface area contributed by atoms with Crippen LogP contribution in [0.5, 0.6) is 0 Å². The zero-order valence-electron chi connectivity index (χ0n) is 9.49. The van der Waals surface area contributed by atoms with Crippen molar-refractivity contribution in [2.45, 2.75) is 6.92 Å². The number of carbonyl (C=O) groups excluding carboxylic acids is 2. The number of ether oxygens (including phenoxy) is 1. The smallest absolute Gasteiger partial charge is 0.397 e. The number of fused-ring (bicyclic) bond motifs is 1.